The smallest absolute Gasteiger partial charge is 0.389 e. The lowest BCUT2D eigenvalue weighted by atomic mass is 10.0. The summed E-state index contributed by atoms with van der Waals surface area (Å²) in [6.45, 7) is 0. The number of aliphatic carboxylic acids is 1. The molecular weight excluding hydrogens is 191 g/mol. The molecule has 1 unspecified atom stereocenters. The minimum Gasteiger partial charge on any atom is -0.481 e. The van der Waals surface area contributed by atoms with E-state index < -0.39 is 36.8 Å². The summed E-state index contributed by atoms with van der Waals surface area (Å²) >= 11 is 0. The average molecular weight is 199 g/mol. The summed E-state index contributed by atoms with van der Waals surface area (Å²) in [5, 5.41) is 8.27. The summed E-state index contributed by atoms with van der Waals surface area (Å²) in [4.78, 5) is 20.5. The first kappa shape index (κ1) is 11.7. The van der Waals surface area contributed by atoms with Crippen LogP contribution in [0.3, 0.4) is 0 Å². The molecule has 0 radical (unpaired) electrons. The molecule has 0 saturated heterocycles. The summed E-state index contributed by atoms with van der Waals surface area (Å²) in [7, 11) is 0. The van der Waals surface area contributed by atoms with Crippen molar-refractivity contribution in [3.05, 3.63) is 0 Å². The molecule has 0 bridgehead atoms. The summed E-state index contributed by atoms with van der Waals surface area (Å²) in [6.07, 6.45) is -6.61. The van der Waals surface area contributed by atoms with Gasteiger partial charge in [0.05, 0.1) is 0 Å². The number of nitrogens with two attached hydrogens (primary N) is 1. The summed E-state index contributed by atoms with van der Waals surface area (Å²) in [6, 6.07) is 0. The maximum absolute atomic E-state index is 11.6. The Hall–Kier alpha value is -1.27. The van der Waals surface area contributed by atoms with E-state index in [4.69, 9.17) is 5.11 Å². The fraction of sp³-hybridized carbons (Fsp3) is 0.667. The van der Waals surface area contributed by atoms with E-state index in [1.54, 1.807) is 0 Å². The van der Waals surface area contributed by atoms with Crippen LogP contribution in [0.15, 0.2) is 0 Å². The van der Waals surface area contributed by atoms with Crippen molar-refractivity contribution in [1.82, 2.24) is 0 Å². The molecule has 0 aromatic heterocycles. The van der Waals surface area contributed by atoms with Gasteiger partial charge in [-0.15, -0.1) is 0 Å². The highest BCUT2D eigenvalue weighted by molar-refractivity contribution is 5.95. The zero-order valence-corrected chi connectivity index (χ0v) is 6.47. The Kier molecular flexibility index (Phi) is 3.70. The van der Waals surface area contributed by atoms with Gasteiger partial charge in [0, 0.05) is 6.42 Å². The van der Waals surface area contributed by atoms with Crippen molar-refractivity contribution in [3.8, 4) is 0 Å². The van der Waals surface area contributed by atoms with E-state index in [1.807, 2.05) is 0 Å². The second-order valence-electron chi connectivity index (χ2n) is 2.45. The highest BCUT2D eigenvalue weighted by Crippen LogP contribution is 2.24. The van der Waals surface area contributed by atoms with Crippen molar-refractivity contribution in [2.45, 2.75) is 19.0 Å². The van der Waals surface area contributed by atoms with E-state index in [1.165, 1.54) is 0 Å². The predicted octanol–water partition coefficient (Wildman–Crippen LogP) is 0.515. The van der Waals surface area contributed by atoms with Crippen LogP contribution in [0.2, 0.25) is 0 Å². The zero-order chi connectivity index (χ0) is 10.6. The molecule has 0 aromatic rings. The number of amides is 1. The van der Waals surface area contributed by atoms with E-state index in [9.17, 15) is 22.8 Å². The number of halogens is 3. The third-order valence-electron chi connectivity index (χ3n) is 1.36. The van der Waals surface area contributed by atoms with Gasteiger partial charge < -0.3 is 10.8 Å². The van der Waals surface area contributed by atoms with Crippen molar-refractivity contribution < 1.29 is 27.9 Å². The Morgan fingerprint density at radius 1 is 1.38 bits per heavy atom. The van der Waals surface area contributed by atoms with Gasteiger partial charge in [-0.25, -0.2) is 0 Å². The maximum atomic E-state index is 11.6. The van der Waals surface area contributed by atoms with E-state index >= 15 is 0 Å². The van der Waals surface area contributed by atoms with Gasteiger partial charge in [-0.1, -0.05) is 0 Å². The van der Waals surface area contributed by atoms with Crippen LogP contribution in [0.1, 0.15) is 12.8 Å². The SMILES string of the molecule is NC(=O)C(CCC(F)(F)F)C(=O)O. The fourth-order valence-corrected chi connectivity index (χ4v) is 0.695. The van der Waals surface area contributed by atoms with Crippen molar-refractivity contribution in [2.24, 2.45) is 11.7 Å². The molecule has 0 aliphatic carbocycles. The van der Waals surface area contributed by atoms with Crippen molar-refractivity contribution in [1.29, 1.82) is 0 Å². The van der Waals surface area contributed by atoms with Crippen molar-refractivity contribution in [2.75, 3.05) is 0 Å². The van der Waals surface area contributed by atoms with Gasteiger partial charge in [0.15, 0.2) is 0 Å². The molecule has 7 heteroatoms. The Labute approximate surface area is 71.5 Å². The molecule has 0 heterocycles. The summed E-state index contributed by atoms with van der Waals surface area (Å²) < 4.78 is 34.8. The highest BCUT2D eigenvalue weighted by atomic mass is 19.4. The molecule has 13 heavy (non-hydrogen) atoms. The number of alkyl halides is 3. The molecule has 0 rings (SSSR count). The lowest BCUT2D eigenvalue weighted by Gasteiger charge is -2.09. The van der Waals surface area contributed by atoms with Crippen LogP contribution < -0.4 is 5.73 Å². The first-order valence-corrected chi connectivity index (χ1v) is 3.33. The first-order valence-electron chi connectivity index (χ1n) is 3.33. The third kappa shape index (κ3) is 5.05. The maximum Gasteiger partial charge on any atom is 0.389 e. The molecule has 0 aromatic carbocycles. The van der Waals surface area contributed by atoms with Crippen LogP contribution in [0.4, 0.5) is 13.2 Å². The molecule has 0 aliphatic rings. The molecule has 76 valence electrons. The monoisotopic (exact) mass is 199 g/mol. The lowest BCUT2D eigenvalue weighted by Crippen LogP contribution is -2.31. The number of rotatable bonds is 4. The van der Waals surface area contributed by atoms with Gasteiger partial charge in [0.1, 0.15) is 5.92 Å². The van der Waals surface area contributed by atoms with Crippen molar-refractivity contribution >= 4 is 11.9 Å². The van der Waals surface area contributed by atoms with Crippen LogP contribution in [0.25, 0.3) is 0 Å². The molecular formula is C6H8F3NO3. The molecule has 0 spiro atoms. The number of hydrogen-bond acceptors (Lipinski definition) is 2. The highest BCUT2D eigenvalue weighted by Gasteiger charge is 2.32. The van der Waals surface area contributed by atoms with E-state index in [0.717, 1.165) is 0 Å². The number of carbonyl (C=O) groups is 2. The third-order valence-corrected chi connectivity index (χ3v) is 1.36. The Morgan fingerprint density at radius 3 is 2.08 bits per heavy atom. The summed E-state index contributed by atoms with van der Waals surface area (Å²) in [5.41, 5.74) is 4.58. The number of carbonyl (C=O) groups excluding carboxylic acids is 1. The van der Waals surface area contributed by atoms with E-state index in [2.05, 4.69) is 5.73 Å². The van der Waals surface area contributed by atoms with Crippen molar-refractivity contribution in [3.63, 3.8) is 0 Å². The standard InChI is InChI=1S/C6H8F3NO3/c7-6(8,9)2-1-3(4(10)11)5(12)13/h3H,1-2H2,(H2,10,11)(H,12,13). The quantitative estimate of drug-likeness (QED) is 0.647. The molecule has 4 nitrogen and oxygen atoms in total. The second kappa shape index (κ2) is 4.11. The number of hydrogen-bond donors (Lipinski definition) is 2. The number of carboxylic acid groups (broad SMARTS) is 1. The second-order valence-corrected chi connectivity index (χ2v) is 2.45. The van der Waals surface area contributed by atoms with Gasteiger partial charge in [-0.2, -0.15) is 13.2 Å². The van der Waals surface area contributed by atoms with Crippen LogP contribution >= 0.6 is 0 Å². The lowest BCUT2D eigenvalue weighted by molar-refractivity contribution is -0.152. The molecule has 1 amide bonds. The topological polar surface area (TPSA) is 80.4 Å². The van der Waals surface area contributed by atoms with Gasteiger partial charge in [0.25, 0.3) is 0 Å². The van der Waals surface area contributed by atoms with Gasteiger partial charge >= 0.3 is 12.1 Å². The zero-order valence-electron chi connectivity index (χ0n) is 6.47. The number of carboxylic acids is 1. The van der Waals surface area contributed by atoms with Crippen LogP contribution in [0, 0.1) is 5.92 Å². The molecule has 3 N–H and O–H groups in total. The Bertz CT molecular complexity index is 200. The Balaban J connectivity index is 4.14. The molecule has 1 atom stereocenters. The predicted molar refractivity (Wildman–Crippen MR) is 35.6 cm³/mol. The van der Waals surface area contributed by atoms with Crippen LogP contribution in [-0.2, 0) is 9.59 Å². The summed E-state index contributed by atoms with van der Waals surface area (Å²) in [5.74, 6) is -4.64. The van der Waals surface area contributed by atoms with Gasteiger partial charge in [-0.05, 0) is 6.42 Å². The first-order chi connectivity index (χ1) is 5.74. The normalized spacial score (nSPS) is 13.8. The van der Waals surface area contributed by atoms with E-state index in [0.29, 0.717) is 0 Å². The Morgan fingerprint density at radius 2 is 1.85 bits per heavy atom. The number of primary amides is 1. The van der Waals surface area contributed by atoms with Gasteiger partial charge in [-0.3, -0.25) is 9.59 Å². The largest absolute Gasteiger partial charge is 0.481 e. The molecule has 0 aliphatic heterocycles. The minimum atomic E-state index is -4.47. The fourth-order valence-electron chi connectivity index (χ4n) is 0.695. The van der Waals surface area contributed by atoms with Crippen LogP contribution in [-0.4, -0.2) is 23.2 Å². The average Bonchev–Trinajstić information content (AvgIpc) is 1.82. The van der Waals surface area contributed by atoms with E-state index in [-0.39, 0.29) is 0 Å². The van der Waals surface area contributed by atoms with Crippen LogP contribution in [0.5, 0.6) is 0 Å². The molecule has 0 saturated carbocycles. The minimum absolute atomic E-state index is 0.811. The van der Waals surface area contributed by atoms with Gasteiger partial charge in [0.2, 0.25) is 5.91 Å². The molecule has 0 fully saturated rings.